The molecule has 1 heterocycles. The van der Waals surface area contributed by atoms with Gasteiger partial charge in [-0.25, -0.2) is 14.5 Å². The fourth-order valence-corrected chi connectivity index (χ4v) is 3.96. The molecule has 4 rings (SSSR count). The molecule has 1 N–H and O–H groups in total. The van der Waals surface area contributed by atoms with Crippen molar-refractivity contribution >= 4 is 41.0 Å². The fourth-order valence-electron chi connectivity index (χ4n) is 3.96. The third-order valence-corrected chi connectivity index (χ3v) is 5.73. The smallest absolute Gasteiger partial charge is 0.338 e. The van der Waals surface area contributed by atoms with Crippen LogP contribution in [0.15, 0.2) is 60.7 Å². The zero-order valence-corrected chi connectivity index (χ0v) is 20.5. The summed E-state index contributed by atoms with van der Waals surface area (Å²) in [5, 5.41) is 2.56. The molecule has 3 aromatic carbocycles. The number of imide groups is 1. The SMILES string of the molecule is CCOC(=O)c1ccc(NC(=O)COC(=O)c2ccc3c(c2)C(=O)N(c2ccc(C)cc2C)C3=O)cc1. The number of carbonyl (C=O) groups is 5. The van der Waals surface area contributed by atoms with Gasteiger partial charge in [0.1, 0.15) is 0 Å². The van der Waals surface area contributed by atoms with Crippen LogP contribution in [-0.4, -0.2) is 42.9 Å². The molecule has 0 aliphatic carbocycles. The first-order valence-corrected chi connectivity index (χ1v) is 11.5. The van der Waals surface area contributed by atoms with Crippen molar-refractivity contribution in [3.63, 3.8) is 0 Å². The highest BCUT2D eigenvalue weighted by Crippen LogP contribution is 2.31. The van der Waals surface area contributed by atoms with E-state index in [0.717, 1.165) is 16.0 Å². The van der Waals surface area contributed by atoms with Gasteiger partial charge in [0.05, 0.1) is 34.5 Å². The van der Waals surface area contributed by atoms with Crippen LogP contribution in [0.4, 0.5) is 11.4 Å². The van der Waals surface area contributed by atoms with Crippen LogP contribution in [0, 0.1) is 13.8 Å². The number of fused-ring (bicyclic) bond motifs is 1. The van der Waals surface area contributed by atoms with E-state index in [-0.39, 0.29) is 23.3 Å². The van der Waals surface area contributed by atoms with Gasteiger partial charge in [0, 0.05) is 5.69 Å². The third-order valence-electron chi connectivity index (χ3n) is 5.73. The van der Waals surface area contributed by atoms with E-state index in [0.29, 0.717) is 16.9 Å². The lowest BCUT2D eigenvalue weighted by molar-refractivity contribution is -0.119. The molecule has 0 aromatic heterocycles. The molecule has 3 aromatic rings. The van der Waals surface area contributed by atoms with Crippen LogP contribution < -0.4 is 10.2 Å². The van der Waals surface area contributed by atoms with Crippen molar-refractivity contribution in [2.45, 2.75) is 20.8 Å². The van der Waals surface area contributed by atoms with Crippen molar-refractivity contribution in [1.82, 2.24) is 0 Å². The number of nitrogens with one attached hydrogen (secondary N) is 1. The van der Waals surface area contributed by atoms with Gasteiger partial charge in [-0.3, -0.25) is 14.4 Å². The molecule has 0 radical (unpaired) electrons. The third kappa shape index (κ3) is 5.25. The summed E-state index contributed by atoms with van der Waals surface area (Å²) in [7, 11) is 0. The number of hydrogen-bond acceptors (Lipinski definition) is 7. The Morgan fingerprint density at radius 2 is 1.43 bits per heavy atom. The van der Waals surface area contributed by atoms with Gasteiger partial charge < -0.3 is 14.8 Å². The molecule has 3 amide bonds. The number of carbonyl (C=O) groups excluding carboxylic acids is 5. The summed E-state index contributed by atoms with van der Waals surface area (Å²) in [6.07, 6.45) is 0. The van der Waals surface area contributed by atoms with Crippen LogP contribution in [-0.2, 0) is 14.3 Å². The Balaban J connectivity index is 1.40. The summed E-state index contributed by atoms with van der Waals surface area (Å²) >= 11 is 0. The van der Waals surface area contributed by atoms with E-state index in [4.69, 9.17) is 9.47 Å². The second-order valence-corrected chi connectivity index (χ2v) is 8.42. The van der Waals surface area contributed by atoms with Crippen molar-refractivity contribution in [3.8, 4) is 0 Å². The first-order valence-electron chi connectivity index (χ1n) is 11.5. The van der Waals surface area contributed by atoms with Crippen molar-refractivity contribution < 1.29 is 33.4 Å². The number of hydrogen-bond donors (Lipinski definition) is 1. The lowest BCUT2D eigenvalue weighted by atomic mass is 10.1. The summed E-state index contributed by atoms with van der Waals surface area (Å²) in [4.78, 5) is 63.5. The number of amides is 3. The Morgan fingerprint density at radius 1 is 0.784 bits per heavy atom. The molecule has 1 aliphatic rings. The topological polar surface area (TPSA) is 119 Å². The molecular formula is C28H24N2O7. The van der Waals surface area contributed by atoms with E-state index in [1.54, 1.807) is 13.0 Å². The average molecular weight is 501 g/mol. The highest BCUT2D eigenvalue weighted by atomic mass is 16.5. The highest BCUT2D eigenvalue weighted by molar-refractivity contribution is 6.35. The molecular weight excluding hydrogens is 476 g/mol. The van der Waals surface area contributed by atoms with E-state index in [2.05, 4.69) is 5.32 Å². The Bertz CT molecular complexity index is 1430. The summed E-state index contributed by atoms with van der Waals surface area (Å²) in [6.45, 7) is 5.11. The quantitative estimate of drug-likeness (QED) is 0.384. The monoisotopic (exact) mass is 500 g/mol. The molecule has 0 bridgehead atoms. The van der Waals surface area contributed by atoms with Gasteiger partial charge in [-0.2, -0.15) is 0 Å². The summed E-state index contributed by atoms with van der Waals surface area (Å²) in [6, 6.07) is 15.5. The Hall–Kier alpha value is -4.79. The Morgan fingerprint density at radius 3 is 2.11 bits per heavy atom. The van der Waals surface area contributed by atoms with Crippen LogP contribution in [0.3, 0.4) is 0 Å². The maximum absolute atomic E-state index is 13.1. The number of nitrogens with zero attached hydrogens (tertiary/aromatic N) is 1. The maximum atomic E-state index is 13.1. The van der Waals surface area contributed by atoms with Gasteiger partial charge >= 0.3 is 11.9 Å². The number of aryl methyl sites for hydroxylation is 2. The van der Waals surface area contributed by atoms with Crippen molar-refractivity contribution in [2.75, 3.05) is 23.4 Å². The fraction of sp³-hybridized carbons (Fsp3) is 0.179. The minimum absolute atomic E-state index is 0.0361. The molecule has 1 aliphatic heterocycles. The molecule has 9 nitrogen and oxygen atoms in total. The molecule has 0 saturated carbocycles. The molecule has 0 saturated heterocycles. The minimum atomic E-state index is -0.819. The van der Waals surface area contributed by atoms with Crippen LogP contribution in [0.25, 0.3) is 0 Å². The van der Waals surface area contributed by atoms with Crippen LogP contribution >= 0.6 is 0 Å². The van der Waals surface area contributed by atoms with Crippen LogP contribution in [0.5, 0.6) is 0 Å². The van der Waals surface area contributed by atoms with Gasteiger partial charge in [0.25, 0.3) is 17.7 Å². The maximum Gasteiger partial charge on any atom is 0.338 e. The first kappa shape index (κ1) is 25.3. The second-order valence-electron chi connectivity index (χ2n) is 8.42. The first-order chi connectivity index (χ1) is 17.7. The van der Waals surface area contributed by atoms with E-state index in [9.17, 15) is 24.0 Å². The number of ether oxygens (including phenoxy) is 2. The van der Waals surface area contributed by atoms with Gasteiger partial charge in [-0.1, -0.05) is 17.7 Å². The number of benzene rings is 3. The normalized spacial score (nSPS) is 12.2. The predicted octanol–water partition coefficient (Wildman–Crippen LogP) is 4.08. The molecule has 9 heteroatoms. The van der Waals surface area contributed by atoms with E-state index in [1.165, 1.54) is 42.5 Å². The van der Waals surface area contributed by atoms with Crippen molar-refractivity contribution in [3.05, 3.63) is 94.0 Å². The van der Waals surface area contributed by atoms with Gasteiger partial charge in [0.15, 0.2) is 6.61 Å². The molecule has 0 fully saturated rings. The second kappa shape index (κ2) is 10.4. The van der Waals surface area contributed by atoms with E-state index < -0.39 is 36.3 Å². The predicted molar refractivity (Wildman–Crippen MR) is 135 cm³/mol. The zero-order valence-electron chi connectivity index (χ0n) is 20.5. The summed E-state index contributed by atoms with van der Waals surface area (Å²) < 4.78 is 9.99. The lowest BCUT2D eigenvalue weighted by Gasteiger charge is -2.16. The van der Waals surface area contributed by atoms with Gasteiger partial charge in [0.2, 0.25) is 0 Å². The van der Waals surface area contributed by atoms with Crippen molar-refractivity contribution in [2.24, 2.45) is 0 Å². The average Bonchev–Trinajstić information content (AvgIpc) is 3.12. The van der Waals surface area contributed by atoms with E-state index >= 15 is 0 Å². The number of esters is 2. The highest BCUT2D eigenvalue weighted by Gasteiger charge is 2.38. The van der Waals surface area contributed by atoms with E-state index in [1.807, 2.05) is 26.0 Å². The molecule has 0 atom stereocenters. The lowest BCUT2D eigenvalue weighted by Crippen LogP contribution is -2.30. The Labute approximate surface area is 213 Å². The molecule has 37 heavy (non-hydrogen) atoms. The van der Waals surface area contributed by atoms with Gasteiger partial charge in [-0.15, -0.1) is 0 Å². The molecule has 0 spiro atoms. The minimum Gasteiger partial charge on any atom is -0.462 e. The molecule has 188 valence electrons. The van der Waals surface area contributed by atoms with Crippen LogP contribution in [0.2, 0.25) is 0 Å². The van der Waals surface area contributed by atoms with Gasteiger partial charge in [-0.05, 0) is 74.9 Å². The zero-order chi connectivity index (χ0) is 26.7. The standard InChI is InChI=1S/C28H24N2O7/c1-4-36-27(34)18-6-9-20(10-7-18)29-24(31)15-37-28(35)19-8-11-21-22(14-19)26(33)30(25(21)32)23-12-5-16(2)13-17(23)3/h5-14H,4,15H2,1-3H3,(H,29,31). The van der Waals surface area contributed by atoms with Crippen LogP contribution in [0.1, 0.15) is 59.5 Å². The summed E-state index contributed by atoms with van der Waals surface area (Å²) in [5.41, 5.74) is 3.31. The van der Waals surface area contributed by atoms with Crippen molar-refractivity contribution in [1.29, 1.82) is 0 Å². The number of rotatable bonds is 7. The number of anilines is 2. The largest absolute Gasteiger partial charge is 0.462 e. The summed E-state index contributed by atoms with van der Waals surface area (Å²) in [5.74, 6) is -2.89. The Kier molecular flexibility index (Phi) is 7.15. The molecule has 0 unspecified atom stereocenters.